The van der Waals surface area contributed by atoms with Gasteiger partial charge in [-0.25, -0.2) is 4.79 Å². The number of carbonyl (C=O) groups is 3. The molecule has 0 aromatic heterocycles. The number of aliphatic carboxylic acids is 1. The maximum atomic E-state index is 12.2. The van der Waals surface area contributed by atoms with E-state index in [1.807, 2.05) is 4.90 Å². The van der Waals surface area contributed by atoms with E-state index < -0.39 is 5.97 Å². The van der Waals surface area contributed by atoms with Crippen molar-refractivity contribution in [1.82, 2.24) is 15.1 Å². The summed E-state index contributed by atoms with van der Waals surface area (Å²) in [6.45, 7) is 0.000325. The average Bonchev–Trinajstić information content (AvgIpc) is 2.66. The van der Waals surface area contributed by atoms with Crippen LogP contribution in [0.2, 0.25) is 0 Å². The van der Waals surface area contributed by atoms with E-state index in [1.54, 1.807) is 14.1 Å². The lowest BCUT2D eigenvalue weighted by molar-refractivity contribution is -0.138. The van der Waals surface area contributed by atoms with Crippen LogP contribution in [0, 0.1) is 5.92 Å². The molecule has 2 fully saturated rings. The van der Waals surface area contributed by atoms with Gasteiger partial charge in [0.1, 0.15) is 0 Å². The molecule has 2 bridgehead atoms. The molecule has 0 spiro atoms. The van der Waals surface area contributed by atoms with Crippen LogP contribution < -0.4 is 5.32 Å². The Balaban J connectivity index is 1.89. The Hall–Kier alpha value is -1.79. The van der Waals surface area contributed by atoms with Crippen molar-refractivity contribution in [2.24, 2.45) is 5.92 Å². The lowest BCUT2D eigenvalue weighted by atomic mass is 9.88. The normalized spacial score (nSPS) is 27.3. The van der Waals surface area contributed by atoms with Crippen molar-refractivity contribution in [3.05, 3.63) is 0 Å². The summed E-state index contributed by atoms with van der Waals surface area (Å²) in [7, 11) is 3.30. The van der Waals surface area contributed by atoms with Gasteiger partial charge in [0.2, 0.25) is 5.91 Å². The molecule has 7 heteroatoms. The molecule has 2 atom stereocenters. The van der Waals surface area contributed by atoms with Crippen LogP contribution in [0.15, 0.2) is 0 Å². The predicted octanol–water partition coefficient (Wildman–Crippen LogP) is 0.502. The molecule has 0 saturated carbocycles. The fraction of sp³-hybridized carbons (Fsp3) is 0.786. The van der Waals surface area contributed by atoms with E-state index in [0.29, 0.717) is 0 Å². The van der Waals surface area contributed by atoms with Gasteiger partial charge in [0, 0.05) is 32.6 Å². The summed E-state index contributed by atoms with van der Waals surface area (Å²) in [5.74, 6) is -0.752. The van der Waals surface area contributed by atoms with Crippen LogP contribution >= 0.6 is 0 Å². The van der Waals surface area contributed by atoms with Crippen LogP contribution in [0.4, 0.5) is 4.79 Å². The van der Waals surface area contributed by atoms with E-state index in [2.05, 4.69) is 5.32 Å². The standard InChI is InChI=1S/C14H23N3O4/c1-16(2)12(18)8-15-14(21)17-10-3-4-11(17)6-9(5-10)7-13(19)20/h9-11H,3-8H2,1-2H3,(H,15,21)(H,19,20). The Bertz CT molecular complexity index is 424. The molecule has 118 valence electrons. The third kappa shape index (κ3) is 3.65. The zero-order valence-electron chi connectivity index (χ0n) is 12.5. The quantitative estimate of drug-likeness (QED) is 0.791. The second kappa shape index (κ2) is 6.32. The van der Waals surface area contributed by atoms with Gasteiger partial charge >= 0.3 is 12.0 Å². The van der Waals surface area contributed by atoms with Crippen molar-refractivity contribution in [2.45, 2.75) is 44.2 Å². The molecule has 2 heterocycles. The Labute approximate surface area is 124 Å². The highest BCUT2D eigenvalue weighted by Crippen LogP contribution is 2.39. The molecule has 0 radical (unpaired) electrons. The Morgan fingerprint density at radius 1 is 1.19 bits per heavy atom. The summed E-state index contributed by atoms with van der Waals surface area (Å²) in [5.41, 5.74) is 0. The molecule has 2 unspecified atom stereocenters. The number of urea groups is 1. The smallest absolute Gasteiger partial charge is 0.318 e. The van der Waals surface area contributed by atoms with E-state index >= 15 is 0 Å². The summed E-state index contributed by atoms with van der Waals surface area (Å²) < 4.78 is 0. The molecule has 0 aliphatic carbocycles. The fourth-order valence-electron chi connectivity index (χ4n) is 3.44. The van der Waals surface area contributed by atoms with E-state index in [4.69, 9.17) is 5.11 Å². The van der Waals surface area contributed by atoms with Crippen LogP contribution in [-0.2, 0) is 9.59 Å². The molecule has 7 nitrogen and oxygen atoms in total. The maximum Gasteiger partial charge on any atom is 0.318 e. The highest BCUT2D eigenvalue weighted by atomic mass is 16.4. The van der Waals surface area contributed by atoms with Crippen LogP contribution in [0.25, 0.3) is 0 Å². The minimum absolute atomic E-state index is 0.000325. The minimum atomic E-state index is -0.770. The zero-order valence-corrected chi connectivity index (χ0v) is 12.5. The first-order valence-corrected chi connectivity index (χ1v) is 7.36. The molecule has 2 rings (SSSR count). The van der Waals surface area contributed by atoms with E-state index in [9.17, 15) is 14.4 Å². The number of rotatable bonds is 4. The number of nitrogens with one attached hydrogen (secondary N) is 1. The summed E-state index contributed by atoms with van der Waals surface area (Å²) in [5, 5.41) is 11.6. The molecular weight excluding hydrogens is 274 g/mol. The second-order valence-corrected chi connectivity index (χ2v) is 6.17. The topological polar surface area (TPSA) is 90.0 Å². The first-order chi connectivity index (χ1) is 9.88. The van der Waals surface area contributed by atoms with Gasteiger partial charge in [-0.15, -0.1) is 0 Å². The van der Waals surface area contributed by atoms with Crippen molar-refractivity contribution in [3.63, 3.8) is 0 Å². The molecule has 2 aliphatic rings. The Morgan fingerprint density at radius 2 is 1.76 bits per heavy atom. The maximum absolute atomic E-state index is 12.2. The van der Waals surface area contributed by atoms with Crippen molar-refractivity contribution in [1.29, 1.82) is 0 Å². The van der Waals surface area contributed by atoms with Crippen molar-refractivity contribution in [2.75, 3.05) is 20.6 Å². The van der Waals surface area contributed by atoms with Crippen molar-refractivity contribution >= 4 is 17.9 Å². The van der Waals surface area contributed by atoms with E-state index in [0.717, 1.165) is 25.7 Å². The van der Waals surface area contributed by atoms with E-state index in [-0.39, 0.29) is 42.9 Å². The third-order valence-corrected chi connectivity index (χ3v) is 4.42. The number of nitrogens with zero attached hydrogens (tertiary/aromatic N) is 2. The number of carbonyl (C=O) groups excluding carboxylic acids is 2. The van der Waals surface area contributed by atoms with Gasteiger partial charge in [-0.05, 0) is 31.6 Å². The molecule has 3 amide bonds. The Morgan fingerprint density at radius 3 is 2.24 bits per heavy atom. The van der Waals surface area contributed by atoms with Gasteiger partial charge in [0.05, 0.1) is 6.54 Å². The summed E-state index contributed by atoms with van der Waals surface area (Å²) in [4.78, 5) is 37.8. The fourth-order valence-corrected chi connectivity index (χ4v) is 3.44. The van der Waals surface area contributed by atoms with Crippen LogP contribution in [-0.4, -0.2) is 65.5 Å². The predicted molar refractivity (Wildman–Crippen MR) is 75.7 cm³/mol. The van der Waals surface area contributed by atoms with E-state index in [1.165, 1.54) is 4.90 Å². The first kappa shape index (κ1) is 15.6. The first-order valence-electron chi connectivity index (χ1n) is 7.36. The lowest BCUT2D eigenvalue weighted by Gasteiger charge is -2.38. The summed E-state index contributed by atoms with van der Waals surface area (Å²) in [6.07, 6.45) is 3.53. The largest absolute Gasteiger partial charge is 0.481 e. The van der Waals surface area contributed by atoms with Gasteiger partial charge in [-0.3, -0.25) is 9.59 Å². The van der Waals surface area contributed by atoms with Crippen LogP contribution in [0.5, 0.6) is 0 Å². The molecular formula is C14H23N3O4. The minimum Gasteiger partial charge on any atom is -0.481 e. The molecule has 2 saturated heterocycles. The van der Waals surface area contributed by atoms with Gasteiger partial charge in [0.25, 0.3) is 0 Å². The number of piperidine rings is 1. The number of carboxylic acids is 1. The number of likely N-dealkylation sites (N-methyl/N-ethyl adjacent to an activating group) is 1. The monoisotopic (exact) mass is 297 g/mol. The summed E-state index contributed by atoms with van der Waals surface area (Å²) in [6, 6.07) is 0.0246. The number of carboxylic acid groups (broad SMARTS) is 1. The van der Waals surface area contributed by atoms with Gasteiger partial charge in [0.15, 0.2) is 0 Å². The second-order valence-electron chi connectivity index (χ2n) is 6.17. The van der Waals surface area contributed by atoms with Gasteiger partial charge in [-0.2, -0.15) is 0 Å². The molecule has 0 aromatic rings. The lowest BCUT2D eigenvalue weighted by Crippen LogP contribution is -2.52. The number of hydrogen-bond acceptors (Lipinski definition) is 3. The van der Waals surface area contributed by atoms with Crippen molar-refractivity contribution < 1.29 is 19.5 Å². The molecule has 21 heavy (non-hydrogen) atoms. The Kier molecular flexibility index (Phi) is 4.69. The van der Waals surface area contributed by atoms with Crippen LogP contribution in [0.1, 0.15) is 32.1 Å². The highest BCUT2D eigenvalue weighted by Gasteiger charge is 2.43. The van der Waals surface area contributed by atoms with Gasteiger partial charge < -0.3 is 20.2 Å². The number of hydrogen-bond donors (Lipinski definition) is 2. The number of fused-ring (bicyclic) bond motifs is 2. The van der Waals surface area contributed by atoms with Gasteiger partial charge in [-0.1, -0.05) is 0 Å². The molecule has 2 aliphatic heterocycles. The zero-order chi connectivity index (χ0) is 15.6. The SMILES string of the molecule is CN(C)C(=O)CNC(=O)N1C2CCC1CC(CC(=O)O)C2. The highest BCUT2D eigenvalue weighted by molar-refractivity contribution is 5.84. The molecule has 0 aromatic carbocycles. The van der Waals surface area contributed by atoms with Crippen LogP contribution in [0.3, 0.4) is 0 Å². The summed E-state index contributed by atoms with van der Waals surface area (Å²) >= 11 is 0. The average molecular weight is 297 g/mol. The molecule has 2 N–H and O–H groups in total. The number of amides is 3. The van der Waals surface area contributed by atoms with Crippen molar-refractivity contribution in [3.8, 4) is 0 Å². The third-order valence-electron chi connectivity index (χ3n) is 4.42.